The zero-order chi connectivity index (χ0) is 14.5. The first-order valence-corrected chi connectivity index (χ1v) is 7.40. The Morgan fingerprint density at radius 3 is 3.10 bits per heavy atom. The highest BCUT2D eigenvalue weighted by Crippen LogP contribution is 2.21. The van der Waals surface area contributed by atoms with Gasteiger partial charge in [0, 0.05) is 18.7 Å². The Kier molecular flexibility index (Phi) is 4.45. The second-order valence-electron chi connectivity index (χ2n) is 5.29. The normalized spacial score (nSPS) is 19.2. The molecule has 0 bridgehead atoms. The molecule has 1 aliphatic heterocycles. The van der Waals surface area contributed by atoms with E-state index >= 15 is 0 Å². The van der Waals surface area contributed by atoms with Gasteiger partial charge in [0.25, 0.3) is 0 Å². The maximum Gasteiger partial charge on any atom is 0.243 e. The Hall–Kier alpha value is -1.95. The number of nitrogens with zero attached hydrogens (tertiary/aromatic N) is 3. The number of pyridine rings is 1. The van der Waals surface area contributed by atoms with E-state index in [4.69, 9.17) is 9.26 Å². The molecule has 1 unspecified atom stereocenters. The maximum absolute atomic E-state index is 5.41. The van der Waals surface area contributed by atoms with Crippen molar-refractivity contribution in [3.05, 3.63) is 35.6 Å². The molecule has 6 heteroatoms. The molecule has 1 N–H and O–H groups in total. The first kappa shape index (κ1) is 14.0. The van der Waals surface area contributed by atoms with Crippen molar-refractivity contribution in [2.45, 2.75) is 38.1 Å². The van der Waals surface area contributed by atoms with Crippen LogP contribution in [0.5, 0.6) is 5.88 Å². The number of hydrogen-bond donors (Lipinski definition) is 1. The van der Waals surface area contributed by atoms with Gasteiger partial charge < -0.3 is 14.6 Å². The molecule has 1 aliphatic rings. The number of aromatic nitrogens is 3. The molecule has 6 nitrogen and oxygen atoms in total. The van der Waals surface area contributed by atoms with E-state index in [9.17, 15) is 0 Å². The minimum absolute atomic E-state index is 0.197. The van der Waals surface area contributed by atoms with Crippen molar-refractivity contribution < 1.29 is 9.26 Å². The second-order valence-corrected chi connectivity index (χ2v) is 5.29. The lowest BCUT2D eigenvalue weighted by molar-refractivity contribution is 0.325. The fourth-order valence-corrected chi connectivity index (χ4v) is 2.54. The lowest BCUT2D eigenvalue weighted by Crippen LogP contribution is -2.20. The quantitative estimate of drug-likeness (QED) is 0.930. The number of hydrogen-bond acceptors (Lipinski definition) is 6. The van der Waals surface area contributed by atoms with Gasteiger partial charge in [-0.05, 0) is 24.9 Å². The topological polar surface area (TPSA) is 73.1 Å². The first-order valence-electron chi connectivity index (χ1n) is 7.40. The Bertz CT molecular complexity index is 559. The van der Waals surface area contributed by atoms with Crippen LogP contribution in [-0.4, -0.2) is 28.8 Å². The van der Waals surface area contributed by atoms with Crippen molar-refractivity contribution in [2.24, 2.45) is 0 Å². The van der Waals surface area contributed by atoms with E-state index in [0.29, 0.717) is 24.0 Å². The summed E-state index contributed by atoms with van der Waals surface area (Å²) >= 11 is 0. The molecule has 0 aliphatic carbocycles. The molecular weight excluding hydrogens is 268 g/mol. The van der Waals surface area contributed by atoms with Crippen LogP contribution >= 0.6 is 0 Å². The van der Waals surface area contributed by atoms with E-state index in [0.717, 1.165) is 18.5 Å². The van der Waals surface area contributed by atoms with Gasteiger partial charge in [-0.1, -0.05) is 24.1 Å². The Morgan fingerprint density at radius 1 is 1.33 bits per heavy atom. The van der Waals surface area contributed by atoms with Crippen molar-refractivity contribution in [3.63, 3.8) is 0 Å². The Morgan fingerprint density at radius 2 is 2.29 bits per heavy atom. The molecule has 1 fully saturated rings. The average molecular weight is 288 g/mol. The van der Waals surface area contributed by atoms with Crippen LogP contribution in [0.1, 0.15) is 49.0 Å². The van der Waals surface area contributed by atoms with Gasteiger partial charge in [-0.2, -0.15) is 4.98 Å². The van der Waals surface area contributed by atoms with Crippen LogP contribution in [0.15, 0.2) is 22.9 Å². The molecule has 0 radical (unpaired) electrons. The molecule has 3 heterocycles. The van der Waals surface area contributed by atoms with Crippen LogP contribution in [0.3, 0.4) is 0 Å². The van der Waals surface area contributed by atoms with E-state index in [1.165, 1.54) is 19.3 Å². The van der Waals surface area contributed by atoms with Crippen molar-refractivity contribution in [2.75, 3.05) is 13.7 Å². The van der Waals surface area contributed by atoms with Crippen LogP contribution in [0.25, 0.3) is 0 Å². The van der Waals surface area contributed by atoms with Gasteiger partial charge in [0.2, 0.25) is 11.8 Å². The lowest BCUT2D eigenvalue weighted by atomic mass is 10.1. The molecule has 0 aromatic carbocycles. The van der Waals surface area contributed by atoms with Crippen LogP contribution in [0.2, 0.25) is 0 Å². The Balaban J connectivity index is 1.66. The summed E-state index contributed by atoms with van der Waals surface area (Å²) in [5, 5.41) is 7.54. The second kappa shape index (κ2) is 6.67. The number of ether oxygens (including phenoxy) is 1. The highest BCUT2D eigenvalue weighted by Gasteiger charge is 2.20. The standard InChI is InChI=1S/C15H20N4O2/c1-20-14-7-6-11(10-17-14)9-13-18-15(21-19-13)12-5-3-2-4-8-16-12/h6-7,10,12,16H,2-5,8-9H2,1H3. The van der Waals surface area contributed by atoms with Crippen LogP contribution < -0.4 is 10.1 Å². The predicted octanol–water partition coefficient (Wildman–Crippen LogP) is 2.27. The summed E-state index contributed by atoms with van der Waals surface area (Å²) in [6.07, 6.45) is 7.15. The molecule has 1 saturated heterocycles. The van der Waals surface area contributed by atoms with E-state index in [-0.39, 0.29) is 6.04 Å². The van der Waals surface area contributed by atoms with Gasteiger partial charge >= 0.3 is 0 Å². The molecule has 1 atom stereocenters. The van der Waals surface area contributed by atoms with Crippen LogP contribution in [-0.2, 0) is 6.42 Å². The van der Waals surface area contributed by atoms with Gasteiger partial charge in [0.1, 0.15) is 0 Å². The molecule has 0 spiro atoms. The van der Waals surface area contributed by atoms with Crippen molar-refractivity contribution in [1.82, 2.24) is 20.4 Å². The first-order chi connectivity index (χ1) is 10.3. The highest BCUT2D eigenvalue weighted by atomic mass is 16.5. The molecule has 2 aromatic heterocycles. The van der Waals surface area contributed by atoms with Gasteiger partial charge in [-0.25, -0.2) is 4.98 Å². The third-order valence-corrected chi connectivity index (χ3v) is 3.71. The maximum atomic E-state index is 5.41. The summed E-state index contributed by atoms with van der Waals surface area (Å²) in [6, 6.07) is 4.00. The predicted molar refractivity (Wildman–Crippen MR) is 77.1 cm³/mol. The van der Waals surface area contributed by atoms with Gasteiger partial charge in [-0.15, -0.1) is 0 Å². The van der Waals surface area contributed by atoms with Crippen LogP contribution in [0.4, 0.5) is 0 Å². The van der Waals surface area contributed by atoms with Crippen molar-refractivity contribution in [3.8, 4) is 5.88 Å². The zero-order valence-electron chi connectivity index (χ0n) is 12.2. The monoisotopic (exact) mass is 288 g/mol. The summed E-state index contributed by atoms with van der Waals surface area (Å²) in [7, 11) is 1.60. The lowest BCUT2D eigenvalue weighted by Gasteiger charge is -2.09. The van der Waals surface area contributed by atoms with Gasteiger partial charge in [0.05, 0.1) is 13.2 Å². The largest absolute Gasteiger partial charge is 0.481 e. The van der Waals surface area contributed by atoms with E-state index in [1.807, 2.05) is 12.1 Å². The minimum Gasteiger partial charge on any atom is -0.481 e. The van der Waals surface area contributed by atoms with E-state index in [1.54, 1.807) is 13.3 Å². The van der Waals surface area contributed by atoms with E-state index < -0.39 is 0 Å². The molecule has 21 heavy (non-hydrogen) atoms. The fourth-order valence-electron chi connectivity index (χ4n) is 2.54. The van der Waals surface area contributed by atoms with Crippen LogP contribution in [0, 0.1) is 0 Å². The number of rotatable bonds is 4. The van der Waals surface area contributed by atoms with Gasteiger partial charge in [0.15, 0.2) is 5.82 Å². The molecule has 0 saturated carbocycles. The Labute approximate surface area is 123 Å². The number of nitrogens with one attached hydrogen (secondary N) is 1. The fraction of sp³-hybridized carbons (Fsp3) is 0.533. The minimum atomic E-state index is 0.197. The molecule has 2 aromatic rings. The molecular formula is C15H20N4O2. The van der Waals surface area contributed by atoms with Crippen molar-refractivity contribution >= 4 is 0 Å². The summed E-state index contributed by atoms with van der Waals surface area (Å²) in [6.45, 7) is 1.02. The van der Waals surface area contributed by atoms with Gasteiger partial charge in [-0.3, -0.25) is 0 Å². The summed E-state index contributed by atoms with van der Waals surface area (Å²) in [4.78, 5) is 8.70. The SMILES string of the molecule is COc1ccc(Cc2noc(C3CCCCCN3)n2)cn1. The summed E-state index contributed by atoms with van der Waals surface area (Å²) in [5.74, 6) is 2.01. The van der Waals surface area contributed by atoms with Crippen molar-refractivity contribution in [1.29, 1.82) is 0 Å². The molecule has 3 rings (SSSR count). The number of methoxy groups -OCH3 is 1. The molecule has 112 valence electrons. The molecule has 0 amide bonds. The zero-order valence-corrected chi connectivity index (χ0v) is 12.2. The summed E-state index contributed by atoms with van der Waals surface area (Å²) in [5.41, 5.74) is 1.04. The highest BCUT2D eigenvalue weighted by molar-refractivity contribution is 5.20. The summed E-state index contributed by atoms with van der Waals surface area (Å²) < 4.78 is 10.5. The third kappa shape index (κ3) is 3.58. The smallest absolute Gasteiger partial charge is 0.243 e. The van der Waals surface area contributed by atoms with E-state index in [2.05, 4.69) is 20.4 Å². The third-order valence-electron chi connectivity index (χ3n) is 3.71. The average Bonchev–Trinajstić information content (AvgIpc) is 2.81.